The molecule has 1 heterocycles. The number of hydrogen-bond acceptors (Lipinski definition) is 3. The van der Waals surface area contributed by atoms with E-state index in [2.05, 4.69) is 37.9 Å². The zero-order valence-corrected chi connectivity index (χ0v) is 12.6. The zero-order valence-electron chi connectivity index (χ0n) is 12.6. The predicted octanol–water partition coefficient (Wildman–Crippen LogP) is 4.35. The van der Waals surface area contributed by atoms with Crippen LogP contribution >= 0.6 is 0 Å². The quantitative estimate of drug-likeness (QED) is 0.901. The van der Waals surface area contributed by atoms with Crippen LogP contribution in [0.1, 0.15) is 31.9 Å². The number of aryl methyl sites for hydroxylation is 1. The monoisotopic (exact) mass is 270 g/mol. The van der Waals surface area contributed by atoms with Crippen LogP contribution < -0.4 is 10.5 Å². The molecule has 0 radical (unpaired) electrons. The highest BCUT2D eigenvalue weighted by molar-refractivity contribution is 5.55. The second kappa shape index (κ2) is 5.53. The van der Waals surface area contributed by atoms with Gasteiger partial charge in [-0.2, -0.15) is 0 Å². The molecule has 0 aliphatic rings. The lowest BCUT2D eigenvalue weighted by molar-refractivity contribution is 0.410. The molecule has 0 unspecified atom stereocenters. The predicted molar refractivity (Wildman–Crippen MR) is 83.1 cm³/mol. The standard InChI is InChI=1S/C17H22N2O/c1-12-9-10-19-16(15(12)18)20-14-7-5-13(6-8-14)11-17(2,3)4/h5-10H,11,18H2,1-4H3. The lowest BCUT2D eigenvalue weighted by Crippen LogP contribution is -2.08. The summed E-state index contributed by atoms with van der Waals surface area (Å²) in [6.07, 6.45) is 2.74. The van der Waals surface area contributed by atoms with Crippen LogP contribution in [-0.2, 0) is 6.42 Å². The fraction of sp³-hybridized carbons (Fsp3) is 0.353. The van der Waals surface area contributed by atoms with Gasteiger partial charge < -0.3 is 10.5 Å². The Morgan fingerprint density at radius 2 is 1.75 bits per heavy atom. The summed E-state index contributed by atoms with van der Waals surface area (Å²) in [5.74, 6) is 1.22. The normalized spacial score (nSPS) is 11.4. The van der Waals surface area contributed by atoms with Crippen molar-refractivity contribution < 1.29 is 4.74 Å². The van der Waals surface area contributed by atoms with Crippen LogP contribution in [0, 0.1) is 12.3 Å². The molecule has 106 valence electrons. The Balaban J connectivity index is 2.13. The summed E-state index contributed by atoms with van der Waals surface area (Å²) in [6.45, 7) is 8.63. The number of nitrogens with zero attached hydrogens (tertiary/aromatic N) is 1. The van der Waals surface area contributed by atoms with Crippen molar-refractivity contribution in [2.45, 2.75) is 34.1 Å². The molecule has 2 rings (SSSR count). The fourth-order valence-electron chi connectivity index (χ4n) is 2.03. The van der Waals surface area contributed by atoms with Gasteiger partial charge >= 0.3 is 0 Å². The Morgan fingerprint density at radius 1 is 1.10 bits per heavy atom. The number of ether oxygens (including phenoxy) is 1. The smallest absolute Gasteiger partial charge is 0.242 e. The molecular formula is C17H22N2O. The van der Waals surface area contributed by atoms with E-state index in [0.717, 1.165) is 17.7 Å². The third-order valence-electron chi connectivity index (χ3n) is 3.04. The van der Waals surface area contributed by atoms with Crippen molar-refractivity contribution in [3.05, 3.63) is 47.7 Å². The van der Waals surface area contributed by atoms with Gasteiger partial charge in [0.15, 0.2) is 0 Å². The molecule has 0 saturated carbocycles. The number of anilines is 1. The van der Waals surface area contributed by atoms with Crippen LogP contribution in [0.15, 0.2) is 36.5 Å². The van der Waals surface area contributed by atoms with Crippen molar-refractivity contribution >= 4 is 5.69 Å². The Bertz CT molecular complexity index is 583. The average molecular weight is 270 g/mol. The molecule has 0 saturated heterocycles. The van der Waals surface area contributed by atoms with Crippen molar-refractivity contribution in [1.29, 1.82) is 0 Å². The first-order valence-electron chi connectivity index (χ1n) is 6.83. The Morgan fingerprint density at radius 3 is 2.35 bits per heavy atom. The Labute approximate surface area is 120 Å². The van der Waals surface area contributed by atoms with Gasteiger partial charge in [-0.1, -0.05) is 32.9 Å². The van der Waals surface area contributed by atoms with Gasteiger partial charge in [0.1, 0.15) is 5.75 Å². The van der Waals surface area contributed by atoms with Crippen molar-refractivity contribution in [2.24, 2.45) is 5.41 Å². The highest BCUT2D eigenvalue weighted by Crippen LogP contribution is 2.28. The summed E-state index contributed by atoms with van der Waals surface area (Å²) in [4.78, 5) is 4.17. The number of aromatic nitrogens is 1. The number of benzene rings is 1. The maximum atomic E-state index is 5.96. The lowest BCUT2D eigenvalue weighted by Gasteiger charge is -2.18. The topological polar surface area (TPSA) is 48.1 Å². The number of nitrogens with two attached hydrogens (primary N) is 1. The van der Waals surface area contributed by atoms with E-state index in [9.17, 15) is 0 Å². The molecule has 1 aromatic heterocycles. The van der Waals surface area contributed by atoms with E-state index in [1.807, 2.05) is 25.1 Å². The fourth-order valence-corrected chi connectivity index (χ4v) is 2.03. The first-order valence-corrected chi connectivity index (χ1v) is 6.83. The Kier molecular flexibility index (Phi) is 3.98. The minimum absolute atomic E-state index is 0.283. The minimum atomic E-state index is 0.283. The van der Waals surface area contributed by atoms with Gasteiger partial charge in [-0.15, -0.1) is 0 Å². The second-order valence-electron chi connectivity index (χ2n) is 6.33. The first-order chi connectivity index (χ1) is 9.35. The van der Waals surface area contributed by atoms with E-state index < -0.39 is 0 Å². The number of rotatable bonds is 3. The molecule has 0 amide bonds. The molecule has 2 N–H and O–H groups in total. The minimum Gasteiger partial charge on any atom is -0.437 e. The number of nitrogen functional groups attached to an aromatic ring is 1. The molecule has 3 heteroatoms. The van der Waals surface area contributed by atoms with Crippen molar-refractivity contribution in [1.82, 2.24) is 4.98 Å². The van der Waals surface area contributed by atoms with Gasteiger partial charge in [-0.25, -0.2) is 4.98 Å². The van der Waals surface area contributed by atoms with Crippen molar-refractivity contribution in [2.75, 3.05) is 5.73 Å². The van der Waals surface area contributed by atoms with Gasteiger partial charge in [0.25, 0.3) is 0 Å². The van der Waals surface area contributed by atoms with Crippen LogP contribution in [0.25, 0.3) is 0 Å². The molecule has 0 aliphatic carbocycles. The third kappa shape index (κ3) is 3.73. The van der Waals surface area contributed by atoms with E-state index in [1.165, 1.54) is 5.56 Å². The third-order valence-corrected chi connectivity index (χ3v) is 3.04. The highest BCUT2D eigenvalue weighted by Gasteiger charge is 2.11. The average Bonchev–Trinajstić information content (AvgIpc) is 2.35. The van der Waals surface area contributed by atoms with Gasteiger partial charge in [0, 0.05) is 6.20 Å². The summed E-state index contributed by atoms with van der Waals surface area (Å²) < 4.78 is 5.74. The summed E-state index contributed by atoms with van der Waals surface area (Å²) in [5.41, 5.74) is 9.10. The lowest BCUT2D eigenvalue weighted by atomic mass is 9.88. The van der Waals surface area contributed by atoms with Gasteiger partial charge in [0.05, 0.1) is 5.69 Å². The van der Waals surface area contributed by atoms with Crippen LogP contribution in [0.5, 0.6) is 11.6 Å². The molecule has 2 aromatic rings. The second-order valence-corrected chi connectivity index (χ2v) is 6.33. The van der Waals surface area contributed by atoms with Crippen LogP contribution in [0.4, 0.5) is 5.69 Å². The molecule has 0 bridgehead atoms. The van der Waals surface area contributed by atoms with Gasteiger partial charge in [0.2, 0.25) is 5.88 Å². The highest BCUT2D eigenvalue weighted by atomic mass is 16.5. The molecular weight excluding hydrogens is 248 g/mol. The SMILES string of the molecule is Cc1ccnc(Oc2ccc(CC(C)(C)C)cc2)c1N. The molecule has 0 fully saturated rings. The van der Waals surface area contributed by atoms with Crippen LogP contribution in [0.3, 0.4) is 0 Å². The molecule has 0 aliphatic heterocycles. The number of hydrogen-bond donors (Lipinski definition) is 1. The maximum Gasteiger partial charge on any atom is 0.242 e. The van der Waals surface area contributed by atoms with E-state index in [-0.39, 0.29) is 5.41 Å². The van der Waals surface area contributed by atoms with E-state index >= 15 is 0 Å². The number of pyridine rings is 1. The van der Waals surface area contributed by atoms with Gasteiger partial charge in [-0.05, 0) is 48.1 Å². The van der Waals surface area contributed by atoms with Gasteiger partial charge in [-0.3, -0.25) is 0 Å². The summed E-state index contributed by atoms with van der Waals surface area (Å²) in [7, 11) is 0. The summed E-state index contributed by atoms with van der Waals surface area (Å²) in [6, 6.07) is 9.98. The maximum absolute atomic E-state index is 5.96. The van der Waals surface area contributed by atoms with E-state index in [0.29, 0.717) is 11.6 Å². The largest absolute Gasteiger partial charge is 0.437 e. The van der Waals surface area contributed by atoms with Crippen LogP contribution in [0.2, 0.25) is 0 Å². The Hall–Kier alpha value is -2.03. The summed E-state index contributed by atoms with van der Waals surface area (Å²) in [5, 5.41) is 0. The van der Waals surface area contributed by atoms with E-state index in [4.69, 9.17) is 10.5 Å². The molecule has 20 heavy (non-hydrogen) atoms. The summed E-state index contributed by atoms with van der Waals surface area (Å²) >= 11 is 0. The molecule has 0 spiro atoms. The van der Waals surface area contributed by atoms with Crippen LogP contribution in [-0.4, -0.2) is 4.98 Å². The zero-order chi connectivity index (χ0) is 14.8. The van der Waals surface area contributed by atoms with E-state index in [1.54, 1.807) is 6.20 Å². The van der Waals surface area contributed by atoms with Crippen molar-refractivity contribution in [3.63, 3.8) is 0 Å². The molecule has 0 atom stereocenters. The first kappa shape index (κ1) is 14.4. The molecule has 3 nitrogen and oxygen atoms in total. The molecule has 1 aromatic carbocycles. The van der Waals surface area contributed by atoms with Crippen molar-refractivity contribution in [3.8, 4) is 11.6 Å².